The fourth-order valence-corrected chi connectivity index (χ4v) is 1.45. The highest BCUT2D eigenvalue weighted by Gasteiger charge is 2.20. The summed E-state index contributed by atoms with van der Waals surface area (Å²) in [7, 11) is 1.65. The number of carbonyl (C=O) groups excluding carboxylic acids is 1. The van der Waals surface area contributed by atoms with Gasteiger partial charge in [-0.2, -0.15) is 0 Å². The molecule has 0 rings (SSSR count). The number of unbranched alkanes of at least 4 members (excludes halogenated alkanes) is 1. The molecule has 16 heavy (non-hydrogen) atoms. The van der Waals surface area contributed by atoms with Crippen LogP contribution in [0.3, 0.4) is 0 Å². The van der Waals surface area contributed by atoms with Gasteiger partial charge < -0.3 is 15.8 Å². The molecule has 3 N–H and O–H groups in total. The Bertz CT molecular complexity index is 195. The first-order valence-corrected chi connectivity index (χ1v) is 6.07. The van der Waals surface area contributed by atoms with Crippen LogP contribution in [0.15, 0.2) is 0 Å². The maximum absolute atomic E-state index is 11.7. The fourth-order valence-electron chi connectivity index (χ4n) is 1.45. The number of ether oxygens (including phenoxy) is 1. The molecule has 0 heterocycles. The van der Waals surface area contributed by atoms with Crippen LogP contribution in [0.5, 0.6) is 0 Å². The number of rotatable bonds is 8. The van der Waals surface area contributed by atoms with Crippen molar-refractivity contribution in [1.82, 2.24) is 5.32 Å². The predicted molar refractivity (Wildman–Crippen MR) is 66.1 cm³/mol. The highest BCUT2D eigenvalue weighted by atomic mass is 16.5. The number of nitrogens with two attached hydrogens (primary N) is 1. The molecule has 4 nitrogen and oxygen atoms in total. The zero-order chi connectivity index (χ0) is 12.6. The highest BCUT2D eigenvalue weighted by Crippen LogP contribution is 2.03. The molecule has 1 unspecified atom stereocenters. The summed E-state index contributed by atoms with van der Waals surface area (Å²) in [6.45, 7) is 6.57. The molecule has 0 fully saturated rings. The summed E-state index contributed by atoms with van der Waals surface area (Å²) < 4.78 is 5.09. The van der Waals surface area contributed by atoms with E-state index < -0.39 is 6.04 Å². The van der Waals surface area contributed by atoms with E-state index in [0.717, 1.165) is 19.3 Å². The standard InChI is InChI=1S/C12H26N2O2/c1-5-6-7-10(8-16-4)14-12(15)11(13)9(2)3/h9-11H,5-8,13H2,1-4H3,(H,14,15)/t10?,11-/m0/s1. The molecule has 0 spiro atoms. The van der Waals surface area contributed by atoms with Crippen molar-refractivity contribution in [3.05, 3.63) is 0 Å². The number of methoxy groups -OCH3 is 1. The monoisotopic (exact) mass is 230 g/mol. The van der Waals surface area contributed by atoms with Crippen molar-refractivity contribution in [3.63, 3.8) is 0 Å². The quantitative estimate of drug-likeness (QED) is 0.660. The third-order valence-electron chi connectivity index (χ3n) is 2.64. The van der Waals surface area contributed by atoms with Crippen molar-refractivity contribution < 1.29 is 9.53 Å². The van der Waals surface area contributed by atoms with E-state index in [2.05, 4.69) is 12.2 Å². The van der Waals surface area contributed by atoms with Gasteiger partial charge in [0.1, 0.15) is 0 Å². The smallest absolute Gasteiger partial charge is 0.237 e. The summed E-state index contributed by atoms with van der Waals surface area (Å²) in [6, 6.07) is -0.344. The van der Waals surface area contributed by atoms with E-state index in [0.29, 0.717) is 6.61 Å². The van der Waals surface area contributed by atoms with Crippen molar-refractivity contribution >= 4 is 5.91 Å². The molecule has 0 aliphatic carbocycles. The first-order chi connectivity index (χ1) is 7.52. The molecule has 0 radical (unpaired) electrons. The zero-order valence-corrected chi connectivity index (χ0v) is 11.0. The summed E-state index contributed by atoms with van der Waals surface area (Å²) in [5.41, 5.74) is 5.78. The number of carbonyl (C=O) groups is 1. The van der Waals surface area contributed by atoms with Gasteiger partial charge in [0, 0.05) is 7.11 Å². The molecule has 0 aliphatic heterocycles. The van der Waals surface area contributed by atoms with Gasteiger partial charge in [0.25, 0.3) is 0 Å². The summed E-state index contributed by atoms with van der Waals surface area (Å²) in [5.74, 6) is 0.0857. The van der Waals surface area contributed by atoms with E-state index in [4.69, 9.17) is 10.5 Å². The van der Waals surface area contributed by atoms with Crippen LogP contribution in [0.25, 0.3) is 0 Å². The van der Waals surface area contributed by atoms with E-state index in [9.17, 15) is 4.79 Å². The highest BCUT2D eigenvalue weighted by molar-refractivity contribution is 5.82. The molecule has 1 amide bonds. The molecule has 0 aromatic rings. The molecule has 4 heteroatoms. The van der Waals surface area contributed by atoms with Crippen LogP contribution in [0.1, 0.15) is 40.0 Å². The molecule has 0 aromatic carbocycles. The van der Waals surface area contributed by atoms with Gasteiger partial charge in [-0.15, -0.1) is 0 Å². The Kier molecular flexibility index (Phi) is 8.21. The lowest BCUT2D eigenvalue weighted by molar-refractivity contribution is -0.124. The molecule has 0 aliphatic rings. The lowest BCUT2D eigenvalue weighted by Gasteiger charge is -2.21. The predicted octanol–water partition coefficient (Wildman–Crippen LogP) is 1.29. The average Bonchev–Trinajstić information content (AvgIpc) is 2.24. The Morgan fingerprint density at radius 3 is 2.50 bits per heavy atom. The van der Waals surface area contributed by atoms with Crippen LogP contribution in [-0.4, -0.2) is 31.7 Å². The van der Waals surface area contributed by atoms with Gasteiger partial charge in [0.2, 0.25) is 5.91 Å². The van der Waals surface area contributed by atoms with Crippen LogP contribution in [0.2, 0.25) is 0 Å². The second kappa shape index (κ2) is 8.53. The molecule has 0 saturated carbocycles. The summed E-state index contributed by atoms with van der Waals surface area (Å²) >= 11 is 0. The Hall–Kier alpha value is -0.610. The van der Waals surface area contributed by atoms with Gasteiger partial charge in [0.05, 0.1) is 18.7 Å². The average molecular weight is 230 g/mol. The SMILES string of the molecule is CCCCC(COC)NC(=O)[C@@H](N)C(C)C. The Morgan fingerprint density at radius 1 is 1.44 bits per heavy atom. The van der Waals surface area contributed by atoms with E-state index in [1.807, 2.05) is 13.8 Å². The third-order valence-corrected chi connectivity index (χ3v) is 2.64. The molecule has 96 valence electrons. The first kappa shape index (κ1) is 15.4. The second-order valence-electron chi connectivity index (χ2n) is 4.57. The Morgan fingerprint density at radius 2 is 2.06 bits per heavy atom. The molecular weight excluding hydrogens is 204 g/mol. The van der Waals surface area contributed by atoms with Crippen LogP contribution in [0, 0.1) is 5.92 Å². The molecule has 0 saturated heterocycles. The van der Waals surface area contributed by atoms with Gasteiger partial charge in [-0.05, 0) is 12.3 Å². The van der Waals surface area contributed by atoms with Crippen molar-refractivity contribution in [2.45, 2.75) is 52.1 Å². The van der Waals surface area contributed by atoms with Gasteiger partial charge in [-0.25, -0.2) is 0 Å². The first-order valence-electron chi connectivity index (χ1n) is 6.07. The summed E-state index contributed by atoms with van der Waals surface area (Å²) in [5, 5.41) is 2.94. The Labute approximate surface area is 98.9 Å². The lowest BCUT2D eigenvalue weighted by Crippen LogP contribution is -2.49. The van der Waals surface area contributed by atoms with Crippen molar-refractivity contribution in [2.24, 2.45) is 11.7 Å². The zero-order valence-electron chi connectivity index (χ0n) is 11.0. The molecule has 2 atom stereocenters. The fraction of sp³-hybridized carbons (Fsp3) is 0.917. The lowest BCUT2D eigenvalue weighted by atomic mass is 10.0. The third kappa shape index (κ3) is 6.08. The van der Waals surface area contributed by atoms with Gasteiger partial charge >= 0.3 is 0 Å². The number of hydrogen-bond acceptors (Lipinski definition) is 3. The number of amides is 1. The number of hydrogen-bond donors (Lipinski definition) is 2. The van der Waals surface area contributed by atoms with Crippen molar-refractivity contribution in [3.8, 4) is 0 Å². The van der Waals surface area contributed by atoms with Crippen LogP contribution in [0.4, 0.5) is 0 Å². The maximum atomic E-state index is 11.7. The molecule has 0 bridgehead atoms. The van der Waals surface area contributed by atoms with Crippen molar-refractivity contribution in [2.75, 3.05) is 13.7 Å². The second-order valence-corrected chi connectivity index (χ2v) is 4.57. The topological polar surface area (TPSA) is 64.3 Å². The maximum Gasteiger partial charge on any atom is 0.237 e. The van der Waals surface area contributed by atoms with E-state index in [1.54, 1.807) is 7.11 Å². The van der Waals surface area contributed by atoms with Gasteiger partial charge in [-0.1, -0.05) is 33.6 Å². The van der Waals surface area contributed by atoms with Crippen molar-refractivity contribution in [1.29, 1.82) is 0 Å². The Balaban J connectivity index is 4.11. The normalized spacial score (nSPS) is 14.9. The van der Waals surface area contributed by atoms with Gasteiger partial charge in [-0.3, -0.25) is 4.79 Å². The molecule has 0 aromatic heterocycles. The van der Waals surface area contributed by atoms with Crippen LogP contribution >= 0.6 is 0 Å². The van der Waals surface area contributed by atoms with E-state index >= 15 is 0 Å². The van der Waals surface area contributed by atoms with Crippen LogP contribution in [-0.2, 0) is 9.53 Å². The minimum Gasteiger partial charge on any atom is -0.383 e. The molecular formula is C12H26N2O2. The number of nitrogens with one attached hydrogen (secondary N) is 1. The minimum absolute atomic E-state index is 0.0758. The van der Waals surface area contributed by atoms with E-state index in [1.165, 1.54) is 0 Å². The summed E-state index contributed by atoms with van der Waals surface area (Å²) in [6.07, 6.45) is 3.15. The summed E-state index contributed by atoms with van der Waals surface area (Å²) in [4.78, 5) is 11.7. The van der Waals surface area contributed by atoms with Gasteiger partial charge in [0.15, 0.2) is 0 Å². The van der Waals surface area contributed by atoms with Crippen LogP contribution < -0.4 is 11.1 Å². The minimum atomic E-state index is -0.430. The largest absolute Gasteiger partial charge is 0.383 e. The van der Waals surface area contributed by atoms with E-state index in [-0.39, 0.29) is 17.9 Å².